The molecule has 2 aliphatic rings. The third-order valence-corrected chi connectivity index (χ3v) is 9.12. The SMILES string of the molecule is CN(CCN1CCOCC1)C(=O)[C@@H]1CCc2c(sc3ncnc(Nc4ccc5[nH]c(=O)sc5c4)c23)C1. The van der Waals surface area contributed by atoms with Crippen LogP contribution in [0.15, 0.2) is 29.3 Å². The topological polar surface area (TPSA) is 103 Å². The van der Waals surface area contributed by atoms with Crippen molar-refractivity contribution in [3.8, 4) is 0 Å². The van der Waals surface area contributed by atoms with Gasteiger partial charge in [0.1, 0.15) is 17.0 Å². The first-order valence-electron chi connectivity index (χ1n) is 12.3. The Morgan fingerprint density at radius 3 is 3.00 bits per heavy atom. The van der Waals surface area contributed by atoms with Crippen LogP contribution < -0.4 is 10.2 Å². The fraction of sp³-hybridized carbons (Fsp3) is 0.440. The maximum Gasteiger partial charge on any atom is 0.305 e. The fourth-order valence-corrected chi connectivity index (χ4v) is 7.16. The van der Waals surface area contributed by atoms with Gasteiger partial charge in [-0.05, 0) is 43.0 Å². The van der Waals surface area contributed by atoms with Crippen molar-refractivity contribution >= 4 is 60.5 Å². The Labute approximate surface area is 216 Å². The van der Waals surface area contributed by atoms with E-state index in [1.807, 2.05) is 30.1 Å². The van der Waals surface area contributed by atoms with E-state index in [0.29, 0.717) is 0 Å². The summed E-state index contributed by atoms with van der Waals surface area (Å²) in [6, 6.07) is 5.81. The normalized spacial score (nSPS) is 18.4. The van der Waals surface area contributed by atoms with Gasteiger partial charge in [-0.2, -0.15) is 0 Å². The van der Waals surface area contributed by atoms with Crippen molar-refractivity contribution in [1.29, 1.82) is 0 Å². The number of carbonyl (C=O) groups excluding carboxylic acids is 1. The number of nitrogens with zero attached hydrogens (tertiary/aromatic N) is 4. The third kappa shape index (κ3) is 4.63. The van der Waals surface area contributed by atoms with Crippen LogP contribution in [-0.4, -0.2) is 77.1 Å². The van der Waals surface area contributed by atoms with E-state index in [1.54, 1.807) is 17.7 Å². The van der Waals surface area contributed by atoms with Gasteiger partial charge in [0.2, 0.25) is 5.91 Å². The summed E-state index contributed by atoms with van der Waals surface area (Å²) < 4.78 is 6.32. The number of thiophene rings is 1. The molecule has 6 rings (SSSR count). The number of anilines is 2. The minimum absolute atomic E-state index is 0.00314. The van der Waals surface area contributed by atoms with E-state index in [9.17, 15) is 9.59 Å². The number of aromatic amines is 1. The van der Waals surface area contributed by atoms with Crippen LogP contribution in [0.3, 0.4) is 0 Å². The Hall–Kier alpha value is -2.86. The lowest BCUT2D eigenvalue weighted by Crippen LogP contribution is -2.43. The van der Waals surface area contributed by atoms with E-state index >= 15 is 0 Å². The lowest BCUT2D eigenvalue weighted by molar-refractivity contribution is -0.134. The highest BCUT2D eigenvalue weighted by atomic mass is 32.1. The van der Waals surface area contributed by atoms with Gasteiger partial charge in [0.25, 0.3) is 0 Å². The number of benzene rings is 1. The first-order valence-corrected chi connectivity index (χ1v) is 13.9. The number of carbonyl (C=O) groups is 1. The van der Waals surface area contributed by atoms with Gasteiger partial charge >= 0.3 is 4.87 Å². The molecule has 1 aliphatic heterocycles. The Morgan fingerprint density at radius 2 is 2.14 bits per heavy atom. The molecule has 0 unspecified atom stereocenters. The largest absolute Gasteiger partial charge is 0.379 e. The lowest BCUT2D eigenvalue weighted by Gasteiger charge is -2.30. The zero-order chi connectivity index (χ0) is 24.6. The Kier molecular flexibility index (Phi) is 6.46. The molecule has 3 aromatic heterocycles. The predicted octanol–water partition coefficient (Wildman–Crippen LogP) is 3.23. The second-order valence-electron chi connectivity index (χ2n) is 9.41. The molecule has 1 fully saturated rings. The van der Waals surface area contributed by atoms with Gasteiger partial charge in [0, 0.05) is 49.7 Å². The molecule has 0 bridgehead atoms. The molecule has 1 atom stereocenters. The van der Waals surface area contributed by atoms with Crippen molar-refractivity contribution in [3.63, 3.8) is 0 Å². The summed E-state index contributed by atoms with van der Waals surface area (Å²) in [5.41, 5.74) is 2.97. The smallest absolute Gasteiger partial charge is 0.305 e. The number of hydrogen-bond donors (Lipinski definition) is 2. The number of likely N-dealkylation sites (N-methyl/N-ethyl adjacent to an activating group) is 1. The van der Waals surface area contributed by atoms with Crippen LogP contribution in [0.25, 0.3) is 20.4 Å². The number of fused-ring (bicyclic) bond motifs is 4. The molecule has 0 saturated carbocycles. The first kappa shape index (κ1) is 23.5. The highest BCUT2D eigenvalue weighted by molar-refractivity contribution is 7.19. The number of nitrogens with one attached hydrogen (secondary N) is 2. The van der Waals surface area contributed by atoms with Crippen LogP contribution >= 0.6 is 22.7 Å². The van der Waals surface area contributed by atoms with E-state index in [-0.39, 0.29) is 16.7 Å². The number of thiazole rings is 1. The highest BCUT2D eigenvalue weighted by Crippen LogP contribution is 2.41. The van der Waals surface area contributed by atoms with E-state index in [4.69, 9.17) is 4.74 Å². The molecule has 4 heterocycles. The van der Waals surface area contributed by atoms with Crippen LogP contribution in [0.4, 0.5) is 11.5 Å². The molecule has 4 aromatic rings. The summed E-state index contributed by atoms with van der Waals surface area (Å²) in [6.07, 6.45) is 4.00. The van der Waals surface area contributed by atoms with Crippen molar-refractivity contribution in [2.24, 2.45) is 5.92 Å². The number of aromatic nitrogens is 3. The van der Waals surface area contributed by atoms with Crippen molar-refractivity contribution in [3.05, 3.63) is 44.6 Å². The second-order valence-corrected chi connectivity index (χ2v) is 11.5. The minimum atomic E-state index is -0.0608. The summed E-state index contributed by atoms with van der Waals surface area (Å²) in [7, 11) is 1.93. The zero-order valence-corrected chi connectivity index (χ0v) is 21.7. The Morgan fingerprint density at radius 1 is 1.28 bits per heavy atom. The molecule has 1 saturated heterocycles. The molecule has 36 heavy (non-hydrogen) atoms. The Bertz CT molecular complexity index is 1470. The van der Waals surface area contributed by atoms with Crippen LogP contribution in [0.2, 0.25) is 0 Å². The standard InChI is InChI=1S/C25H28N6O3S2/c1-30(6-7-31-8-10-34-11-9-31)24(32)15-2-4-17-19(12-15)35-23-21(17)22(26-14-27-23)28-16-3-5-18-20(13-16)36-25(33)29-18/h3,5,13-15H,2,4,6-12H2,1H3,(H,29,33)(H,26,27,28)/t15-/m1/s1. The van der Waals surface area contributed by atoms with E-state index < -0.39 is 0 Å². The van der Waals surface area contributed by atoms with Gasteiger partial charge in [-0.25, -0.2) is 9.97 Å². The average Bonchev–Trinajstić information content (AvgIpc) is 3.46. The molecule has 1 amide bonds. The minimum Gasteiger partial charge on any atom is -0.379 e. The summed E-state index contributed by atoms with van der Waals surface area (Å²) >= 11 is 2.87. The maximum absolute atomic E-state index is 13.2. The van der Waals surface area contributed by atoms with Crippen LogP contribution in [0, 0.1) is 5.92 Å². The summed E-state index contributed by atoms with van der Waals surface area (Å²) in [5, 5.41) is 4.49. The molecule has 2 N–H and O–H groups in total. The van der Waals surface area contributed by atoms with Crippen molar-refractivity contribution < 1.29 is 9.53 Å². The van der Waals surface area contributed by atoms with Crippen LogP contribution in [0.5, 0.6) is 0 Å². The molecular formula is C25H28N6O3S2. The molecule has 188 valence electrons. The van der Waals surface area contributed by atoms with E-state index in [0.717, 1.165) is 90.6 Å². The van der Waals surface area contributed by atoms with Gasteiger partial charge in [-0.1, -0.05) is 11.3 Å². The van der Waals surface area contributed by atoms with Gasteiger partial charge in [-0.3, -0.25) is 14.5 Å². The molecule has 0 spiro atoms. The monoisotopic (exact) mass is 524 g/mol. The number of rotatable bonds is 6. The predicted molar refractivity (Wildman–Crippen MR) is 144 cm³/mol. The van der Waals surface area contributed by atoms with Gasteiger partial charge in [0.05, 0.1) is 28.8 Å². The molecule has 11 heteroatoms. The van der Waals surface area contributed by atoms with Gasteiger partial charge in [0.15, 0.2) is 0 Å². The Balaban J connectivity index is 1.18. The number of aryl methyl sites for hydroxylation is 1. The second kappa shape index (κ2) is 9.89. The average molecular weight is 525 g/mol. The summed E-state index contributed by atoms with van der Waals surface area (Å²) in [5.74, 6) is 1.00. The molecular weight excluding hydrogens is 496 g/mol. The quantitative estimate of drug-likeness (QED) is 0.399. The number of hydrogen-bond acceptors (Lipinski definition) is 9. The van der Waals surface area contributed by atoms with E-state index in [1.165, 1.54) is 21.8 Å². The molecule has 1 aromatic carbocycles. The summed E-state index contributed by atoms with van der Waals surface area (Å²) in [6.45, 7) is 5.06. The van der Waals surface area contributed by atoms with Crippen LogP contribution in [0.1, 0.15) is 16.9 Å². The van der Waals surface area contributed by atoms with E-state index in [2.05, 4.69) is 25.2 Å². The molecule has 9 nitrogen and oxygen atoms in total. The molecule has 1 aliphatic carbocycles. The highest BCUT2D eigenvalue weighted by Gasteiger charge is 2.31. The number of ether oxygens (including phenoxy) is 1. The molecule has 0 radical (unpaired) electrons. The zero-order valence-electron chi connectivity index (χ0n) is 20.1. The number of morpholine rings is 1. The maximum atomic E-state index is 13.2. The van der Waals surface area contributed by atoms with Crippen molar-refractivity contribution in [2.45, 2.75) is 19.3 Å². The third-order valence-electron chi connectivity index (χ3n) is 7.11. The van der Waals surface area contributed by atoms with Crippen LogP contribution in [-0.2, 0) is 22.4 Å². The van der Waals surface area contributed by atoms with Crippen molar-refractivity contribution in [2.75, 3.05) is 51.8 Å². The number of amides is 1. The fourth-order valence-electron chi connectivity index (χ4n) is 5.11. The van der Waals surface area contributed by atoms with Gasteiger partial charge < -0.3 is 19.9 Å². The van der Waals surface area contributed by atoms with Crippen molar-refractivity contribution in [1.82, 2.24) is 24.8 Å². The lowest BCUT2D eigenvalue weighted by atomic mass is 9.87. The summed E-state index contributed by atoms with van der Waals surface area (Å²) in [4.78, 5) is 43.2. The first-order chi connectivity index (χ1) is 17.5. The van der Waals surface area contributed by atoms with Gasteiger partial charge in [-0.15, -0.1) is 11.3 Å². The number of H-pyrrole nitrogens is 1.